The van der Waals surface area contributed by atoms with Crippen LogP contribution in [-0.2, 0) is 11.3 Å². The zero-order valence-electron chi connectivity index (χ0n) is 10.2. The molecule has 0 spiro atoms. The van der Waals surface area contributed by atoms with Crippen molar-refractivity contribution >= 4 is 5.97 Å². The lowest BCUT2D eigenvalue weighted by molar-refractivity contribution is -0.137. The van der Waals surface area contributed by atoms with Gasteiger partial charge in [-0.25, -0.2) is 4.39 Å². The molecule has 0 aliphatic heterocycles. The lowest BCUT2D eigenvalue weighted by Gasteiger charge is -2.17. The van der Waals surface area contributed by atoms with E-state index in [1.54, 1.807) is 6.07 Å². The van der Waals surface area contributed by atoms with Gasteiger partial charge in [0.25, 0.3) is 0 Å². The Morgan fingerprint density at radius 2 is 2.18 bits per heavy atom. The molecule has 0 aliphatic rings. The summed E-state index contributed by atoms with van der Waals surface area (Å²) >= 11 is 0. The van der Waals surface area contributed by atoms with Gasteiger partial charge in [-0.3, -0.25) is 4.79 Å². The lowest BCUT2D eigenvalue weighted by atomic mass is 10.1. The van der Waals surface area contributed by atoms with E-state index in [0.29, 0.717) is 13.0 Å². The molecule has 0 aromatic heterocycles. The molecule has 0 bridgehead atoms. The molecule has 0 radical (unpaired) electrons. The van der Waals surface area contributed by atoms with E-state index in [1.165, 1.54) is 12.1 Å². The Labute approximate surface area is 101 Å². The van der Waals surface area contributed by atoms with Gasteiger partial charge < -0.3 is 10.0 Å². The predicted octanol–water partition coefficient (Wildman–Crippen LogP) is 2.43. The van der Waals surface area contributed by atoms with Crippen LogP contribution in [0.4, 0.5) is 4.39 Å². The van der Waals surface area contributed by atoms with E-state index in [1.807, 2.05) is 18.9 Å². The molecule has 0 heterocycles. The monoisotopic (exact) mass is 239 g/mol. The van der Waals surface area contributed by atoms with Crippen molar-refractivity contribution in [2.45, 2.75) is 26.3 Å². The minimum absolute atomic E-state index is 0.187. The number of aliphatic carboxylic acids is 1. The first kappa shape index (κ1) is 13.6. The Morgan fingerprint density at radius 1 is 1.47 bits per heavy atom. The van der Waals surface area contributed by atoms with Crippen LogP contribution >= 0.6 is 0 Å². The standard InChI is InChI=1S/C13H18FNO2/c1-10-8-12(14)6-5-11(10)9-15(2)7-3-4-13(16)17/h5-6,8H,3-4,7,9H2,1-2H3,(H,16,17). The van der Waals surface area contributed by atoms with Gasteiger partial charge in [-0.2, -0.15) is 0 Å². The summed E-state index contributed by atoms with van der Waals surface area (Å²) in [6, 6.07) is 4.74. The Hall–Kier alpha value is -1.42. The molecule has 17 heavy (non-hydrogen) atoms. The second-order valence-corrected chi connectivity index (χ2v) is 4.31. The third kappa shape index (κ3) is 4.95. The van der Waals surface area contributed by atoms with E-state index in [0.717, 1.165) is 17.7 Å². The summed E-state index contributed by atoms with van der Waals surface area (Å²) < 4.78 is 12.9. The first-order valence-corrected chi connectivity index (χ1v) is 5.64. The van der Waals surface area contributed by atoms with Crippen LogP contribution < -0.4 is 0 Å². The van der Waals surface area contributed by atoms with Gasteiger partial charge in [0.15, 0.2) is 0 Å². The van der Waals surface area contributed by atoms with Crippen LogP contribution in [0.5, 0.6) is 0 Å². The molecule has 1 N–H and O–H groups in total. The Bertz CT molecular complexity index is 393. The highest BCUT2D eigenvalue weighted by molar-refractivity contribution is 5.66. The maximum absolute atomic E-state index is 12.9. The quantitative estimate of drug-likeness (QED) is 0.828. The first-order chi connectivity index (χ1) is 7.99. The normalized spacial score (nSPS) is 10.8. The molecule has 1 aromatic rings. The van der Waals surface area contributed by atoms with E-state index >= 15 is 0 Å². The first-order valence-electron chi connectivity index (χ1n) is 5.64. The third-order valence-electron chi connectivity index (χ3n) is 2.68. The predicted molar refractivity (Wildman–Crippen MR) is 64.3 cm³/mol. The van der Waals surface area contributed by atoms with Crippen molar-refractivity contribution in [3.05, 3.63) is 35.1 Å². The van der Waals surface area contributed by atoms with Gasteiger partial charge in [-0.1, -0.05) is 6.07 Å². The van der Waals surface area contributed by atoms with Crippen LogP contribution in [0.1, 0.15) is 24.0 Å². The number of nitrogens with zero attached hydrogens (tertiary/aromatic N) is 1. The fourth-order valence-electron chi connectivity index (χ4n) is 1.71. The number of carbonyl (C=O) groups is 1. The summed E-state index contributed by atoms with van der Waals surface area (Å²) in [5, 5.41) is 8.53. The SMILES string of the molecule is Cc1cc(F)ccc1CN(C)CCCC(=O)O. The molecular formula is C13H18FNO2. The number of hydrogen-bond acceptors (Lipinski definition) is 2. The molecule has 4 heteroatoms. The maximum Gasteiger partial charge on any atom is 0.303 e. The minimum Gasteiger partial charge on any atom is -0.481 e. The highest BCUT2D eigenvalue weighted by Gasteiger charge is 2.05. The second kappa shape index (κ2) is 6.35. The number of carboxylic acid groups (broad SMARTS) is 1. The zero-order chi connectivity index (χ0) is 12.8. The fraction of sp³-hybridized carbons (Fsp3) is 0.462. The number of halogens is 1. The summed E-state index contributed by atoms with van der Waals surface area (Å²) in [4.78, 5) is 12.4. The van der Waals surface area contributed by atoms with Crippen molar-refractivity contribution in [3.63, 3.8) is 0 Å². The summed E-state index contributed by atoms with van der Waals surface area (Å²) in [5.41, 5.74) is 2.00. The molecule has 0 saturated carbocycles. The molecule has 0 unspecified atom stereocenters. The Morgan fingerprint density at radius 3 is 2.76 bits per heavy atom. The molecule has 1 rings (SSSR count). The summed E-state index contributed by atoms with van der Waals surface area (Å²) in [7, 11) is 1.94. The van der Waals surface area contributed by atoms with E-state index in [4.69, 9.17) is 5.11 Å². The van der Waals surface area contributed by atoms with Gasteiger partial charge in [0.1, 0.15) is 5.82 Å². The van der Waals surface area contributed by atoms with Gasteiger partial charge in [0.2, 0.25) is 0 Å². The Kier molecular flexibility index (Phi) is 5.10. The van der Waals surface area contributed by atoms with Crippen LogP contribution in [0, 0.1) is 12.7 Å². The number of hydrogen-bond donors (Lipinski definition) is 1. The molecule has 1 aromatic carbocycles. The second-order valence-electron chi connectivity index (χ2n) is 4.31. The summed E-state index contributed by atoms with van der Waals surface area (Å²) in [5.74, 6) is -0.990. The molecule has 0 aliphatic carbocycles. The van der Waals surface area contributed by atoms with Crippen molar-refractivity contribution in [2.24, 2.45) is 0 Å². The average molecular weight is 239 g/mol. The number of rotatable bonds is 6. The van der Waals surface area contributed by atoms with Crippen LogP contribution in [0.2, 0.25) is 0 Å². The highest BCUT2D eigenvalue weighted by Crippen LogP contribution is 2.12. The highest BCUT2D eigenvalue weighted by atomic mass is 19.1. The maximum atomic E-state index is 12.9. The summed E-state index contributed by atoms with van der Waals surface area (Å²) in [6.45, 7) is 3.32. The smallest absolute Gasteiger partial charge is 0.303 e. The molecule has 0 atom stereocenters. The number of aryl methyl sites for hydroxylation is 1. The third-order valence-corrected chi connectivity index (χ3v) is 2.68. The molecular weight excluding hydrogens is 221 g/mol. The average Bonchev–Trinajstić information content (AvgIpc) is 2.21. The van der Waals surface area contributed by atoms with Gasteiger partial charge in [0, 0.05) is 13.0 Å². The van der Waals surface area contributed by atoms with E-state index < -0.39 is 5.97 Å². The van der Waals surface area contributed by atoms with E-state index in [-0.39, 0.29) is 12.2 Å². The molecule has 0 saturated heterocycles. The zero-order valence-corrected chi connectivity index (χ0v) is 10.2. The largest absolute Gasteiger partial charge is 0.481 e. The fourth-order valence-corrected chi connectivity index (χ4v) is 1.71. The van der Waals surface area contributed by atoms with Gasteiger partial charge in [0.05, 0.1) is 0 Å². The van der Waals surface area contributed by atoms with E-state index in [2.05, 4.69) is 0 Å². The van der Waals surface area contributed by atoms with Crippen molar-refractivity contribution in [1.82, 2.24) is 4.90 Å². The van der Waals surface area contributed by atoms with Crippen molar-refractivity contribution in [2.75, 3.05) is 13.6 Å². The van der Waals surface area contributed by atoms with Crippen molar-refractivity contribution < 1.29 is 14.3 Å². The Balaban J connectivity index is 2.44. The van der Waals surface area contributed by atoms with Crippen molar-refractivity contribution in [1.29, 1.82) is 0 Å². The van der Waals surface area contributed by atoms with Crippen molar-refractivity contribution in [3.8, 4) is 0 Å². The number of benzene rings is 1. The topological polar surface area (TPSA) is 40.5 Å². The summed E-state index contributed by atoms with van der Waals surface area (Å²) in [6.07, 6.45) is 0.818. The van der Waals surface area contributed by atoms with Crippen LogP contribution in [0.15, 0.2) is 18.2 Å². The molecule has 94 valence electrons. The minimum atomic E-state index is -0.767. The van der Waals surface area contributed by atoms with Crippen LogP contribution in [-0.4, -0.2) is 29.6 Å². The van der Waals surface area contributed by atoms with Crippen LogP contribution in [0.3, 0.4) is 0 Å². The van der Waals surface area contributed by atoms with E-state index in [9.17, 15) is 9.18 Å². The van der Waals surface area contributed by atoms with Gasteiger partial charge in [-0.05, 0) is 50.2 Å². The lowest BCUT2D eigenvalue weighted by Crippen LogP contribution is -2.20. The van der Waals surface area contributed by atoms with Crippen LogP contribution in [0.25, 0.3) is 0 Å². The van der Waals surface area contributed by atoms with Gasteiger partial charge >= 0.3 is 5.97 Å². The molecule has 0 fully saturated rings. The van der Waals surface area contributed by atoms with Gasteiger partial charge in [-0.15, -0.1) is 0 Å². The molecule has 3 nitrogen and oxygen atoms in total. The molecule has 0 amide bonds. The number of carboxylic acids is 1.